The molecule has 0 spiro atoms. The van der Waals surface area contributed by atoms with Gasteiger partial charge in [0.1, 0.15) is 23.2 Å². The van der Waals surface area contributed by atoms with Crippen LogP contribution in [0.15, 0.2) is 39.8 Å². The fraction of sp³-hybridized carbons (Fsp3) is 0.235. The van der Waals surface area contributed by atoms with E-state index in [9.17, 15) is 19.7 Å². The zero-order chi connectivity index (χ0) is 19.6. The number of nitrogens with one attached hydrogen (secondary N) is 2. The summed E-state index contributed by atoms with van der Waals surface area (Å²) in [5, 5.41) is 16.7. The summed E-state index contributed by atoms with van der Waals surface area (Å²) >= 11 is 0. The Hall–Kier alpha value is -3.69. The molecule has 3 aromatic rings. The number of hydrogen-bond acceptors (Lipinski definition) is 7. The van der Waals surface area contributed by atoms with Gasteiger partial charge in [-0.1, -0.05) is 12.1 Å². The Morgan fingerprint density at radius 2 is 2.07 bits per heavy atom. The average Bonchev–Trinajstić information content (AvgIpc) is 2.98. The van der Waals surface area contributed by atoms with Gasteiger partial charge in [-0.15, -0.1) is 0 Å². The molecule has 2 heterocycles. The lowest BCUT2D eigenvalue weighted by Crippen LogP contribution is -2.30. The smallest absolute Gasteiger partial charge is 0.292 e. The largest absolute Gasteiger partial charge is 0.442 e. The number of nitro benzene ring substituents is 1. The maximum absolute atomic E-state index is 12.5. The maximum atomic E-state index is 12.5. The molecule has 0 atom stereocenters. The van der Waals surface area contributed by atoms with Crippen LogP contribution in [0, 0.1) is 17.0 Å². The molecule has 0 unspecified atom stereocenters. The summed E-state index contributed by atoms with van der Waals surface area (Å²) in [5.74, 6) is -0.175. The highest BCUT2D eigenvalue weighted by Gasteiger charge is 2.22. The molecule has 0 fully saturated rings. The van der Waals surface area contributed by atoms with Crippen LogP contribution in [0.3, 0.4) is 0 Å². The number of anilines is 1. The lowest BCUT2D eigenvalue weighted by atomic mass is 10.2. The zero-order valence-electron chi connectivity index (χ0n) is 14.7. The maximum Gasteiger partial charge on any atom is 0.292 e. The van der Waals surface area contributed by atoms with Crippen molar-refractivity contribution < 1.29 is 14.1 Å². The number of benzene rings is 1. The molecule has 27 heavy (non-hydrogen) atoms. The highest BCUT2D eigenvalue weighted by Crippen LogP contribution is 2.23. The van der Waals surface area contributed by atoms with Crippen LogP contribution in [0.4, 0.5) is 11.4 Å². The van der Waals surface area contributed by atoms with Crippen molar-refractivity contribution in [2.24, 2.45) is 7.05 Å². The molecule has 2 N–H and O–H groups in total. The SMILES string of the molecule is Cc1oc2ncn(C)c(=O)c2c1C(=O)NCCNc1ccccc1[N+](=O)[O-]. The van der Waals surface area contributed by atoms with Crippen molar-refractivity contribution >= 4 is 28.4 Å². The van der Waals surface area contributed by atoms with Crippen molar-refractivity contribution in [3.8, 4) is 0 Å². The Kier molecular flexibility index (Phi) is 4.88. The number of nitrogens with zero attached hydrogens (tertiary/aromatic N) is 3. The highest BCUT2D eigenvalue weighted by molar-refractivity contribution is 6.06. The standard InChI is InChI=1S/C17H17N5O5/c1-10-13(14-16(27-10)20-9-21(2)17(14)24)15(23)19-8-7-18-11-5-3-4-6-12(11)22(25)26/h3-6,9,18H,7-8H2,1-2H3,(H,19,23). The third-order valence-corrected chi connectivity index (χ3v) is 4.00. The number of aryl methyl sites for hydroxylation is 2. The van der Waals surface area contributed by atoms with Gasteiger partial charge in [0.15, 0.2) is 0 Å². The van der Waals surface area contributed by atoms with Crippen LogP contribution in [0.2, 0.25) is 0 Å². The third kappa shape index (κ3) is 3.50. The Bertz CT molecular complexity index is 1080. The molecule has 0 saturated heterocycles. The molecule has 0 aliphatic heterocycles. The van der Waals surface area contributed by atoms with Gasteiger partial charge in [-0.05, 0) is 13.0 Å². The molecule has 1 amide bonds. The van der Waals surface area contributed by atoms with Crippen molar-refractivity contribution in [1.82, 2.24) is 14.9 Å². The lowest BCUT2D eigenvalue weighted by molar-refractivity contribution is -0.384. The van der Waals surface area contributed by atoms with Crippen LogP contribution < -0.4 is 16.2 Å². The summed E-state index contributed by atoms with van der Waals surface area (Å²) in [6.07, 6.45) is 1.33. The van der Waals surface area contributed by atoms with Gasteiger partial charge in [-0.2, -0.15) is 0 Å². The first kappa shape index (κ1) is 18.1. The molecule has 2 aromatic heterocycles. The number of rotatable bonds is 6. The fourth-order valence-corrected chi connectivity index (χ4v) is 2.70. The minimum absolute atomic E-state index is 0.0462. The van der Waals surface area contributed by atoms with Gasteiger partial charge in [0.2, 0.25) is 5.71 Å². The molecular formula is C17H17N5O5. The Morgan fingerprint density at radius 1 is 1.33 bits per heavy atom. The van der Waals surface area contributed by atoms with Crippen LogP contribution in [-0.4, -0.2) is 33.5 Å². The first-order chi connectivity index (χ1) is 12.9. The van der Waals surface area contributed by atoms with Crippen LogP contribution in [0.5, 0.6) is 0 Å². The van der Waals surface area contributed by atoms with Crippen LogP contribution >= 0.6 is 0 Å². The average molecular weight is 371 g/mol. The Morgan fingerprint density at radius 3 is 2.81 bits per heavy atom. The van der Waals surface area contributed by atoms with E-state index in [-0.39, 0.29) is 41.0 Å². The van der Waals surface area contributed by atoms with E-state index in [0.29, 0.717) is 11.4 Å². The normalized spacial score (nSPS) is 10.7. The molecule has 0 aliphatic rings. The summed E-state index contributed by atoms with van der Waals surface area (Å²) < 4.78 is 6.67. The molecule has 0 saturated carbocycles. The van der Waals surface area contributed by atoms with E-state index >= 15 is 0 Å². The third-order valence-electron chi connectivity index (χ3n) is 4.00. The molecule has 0 aliphatic carbocycles. The number of carbonyl (C=O) groups excluding carboxylic acids is 1. The van der Waals surface area contributed by atoms with Gasteiger partial charge in [0.25, 0.3) is 17.2 Å². The second-order valence-corrected chi connectivity index (χ2v) is 5.83. The summed E-state index contributed by atoms with van der Waals surface area (Å²) in [4.78, 5) is 39.3. The number of fused-ring (bicyclic) bond motifs is 1. The second-order valence-electron chi connectivity index (χ2n) is 5.83. The van der Waals surface area contributed by atoms with Gasteiger partial charge in [-0.25, -0.2) is 4.98 Å². The molecule has 0 bridgehead atoms. The van der Waals surface area contributed by atoms with E-state index in [4.69, 9.17) is 4.42 Å². The molecule has 0 radical (unpaired) electrons. The molecule has 3 rings (SSSR count). The van der Waals surface area contributed by atoms with Crippen LogP contribution in [-0.2, 0) is 7.05 Å². The van der Waals surface area contributed by atoms with Gasteiger partial charge >= 0.3 is 0 Å². The summed E-state index contributed by atoms with van der Waals surface area (Å²) in [5.41, 5.74) is 0.193. The van der Waals surface area contributed by atoms with E-state index in [1.54, 1.807) is 25.1 Å². The summed E-state index contributed by atoms with van der Waals surface area (Å²) in [7, 11) is 1.54. The second kappa shape index (κ2) is 7.28. The number of aromatic nitrogens is 2. The number of hydrogen-bond donors (Lipinski definition) is 2. The Balaban J connectivity index is 1.70. The monoisotopic (exact) mass is 371 g/mol. The van der Waals surface area contributed by atoms with Crippen molar-refractivity contribution in [1.29, 1.82) is 0 Å². The molecular weight excluding hydrogens is 354 g/mol. The van der Waals surface area contributed by atoms with Gasteiger partial charge in [-0.3, -0.25) is 19.7 Å². The van der Waals surface area contributed by atoms with Crippen molar-refractivity contribution in [2.45, 2.75) is 6.92 Å². The number of furan rings is 1. The number of amides is 1. The van der Waals surface area contributed by atoms with E-state index < -0.39 is 10.8 Å². The minimum Gasteiger partial charge on any atom is -0.442 e. The van der Waals surface area contributed by atoms with Crippen LogP contribution in [0.1, 0.15) is 16.1 Å². The van der Waals surface area contributed by atoms with E-state index in [2.05, 4.69) is 15.6 Å². The van der Waals surface area contributed by atoms with Gasteiger partial charge in [0, 0.05) is 26.2 Å². The summed E-state index contributed by atoms with van der Waals surface area (Å²) in [6, 6.07) is 6.23. The predicted molar refractivity (Wildman–Crippen MR) is 97.9 cm³/mol. The highest BCUT2D eigenvalue weighted by atomic mass is 16.6. The van der Waals surface area contributed by atoms with Crippen molar-refractivity contribution in [3.05, 3.63) is 62.4 Å². The Labute approximate surface area is 153 Å². The quantitative estimate of drug-likeness (QED) is 0.382. The predicted octanol–water partition coefficient (Wildman–Crippen LogP) is 1.59. The lowest BCUT2D eigenvalue weighted by Gasteiger charge is -2.08. The zero-order valence-corrected chi connectivity index (χ0v) is 14.7. The fourth-order valence-electron chi connectivity index (χ4n) is 2.70. The molecule has 10 heteroatoms. The number of nitro groups is 1. The number of carbonyl (C=O) groups is 1. The van der Waals surface area contributed by atoms with Crippen molar-refractivity contribution in [3.63, 3.8) is 0 Å². The van der Waals surface area contributed by atoms with E-state index in [0.717, 1.165) is 0 Å². The van der Waals surface area contributed by atoms with Gasteiger partial charge < -0.3 is 19.6 Å². The molecule has 140 valence electrons. The van der Waals surface area contributed by atoms with Crippen LogP contribution in [0.25, 0.3) is 11.1 Å². The minimum atomic E-state index is -0.481. The first-order valence-corrected chi connectivity index (χ1v) is 8.10. The first-order valence-electron chi connectivity index (χ1n) is 8.10. The summed E-state index contributed by atoms with van der Waals surface area (Å²) in [6.45, 7) is 2.04. The molecule has 10 nitrogen and oxygen atoms in total. The topological polar surface area (TPSA) is 132 Å². The van der Waals surface area contributed by atoms with Crippen molar-refractivity contribution in [2.75, 3.05) is 18.4 Å². The van der Waals surface area contributed by atoms with E-state index in [1.165, 1.54) is 24.0 Å². The van der Waals surface area contributed by atoms with Gasteiger partial charge in [0.05, 0.1) is 10.5 Å². The number of para-hydroxylation sites is 2. The van der Waals surface area contributed by atoms with E-state index in [1.807, 2.05) is 0 Å². The molecule has 1 aromatic carbocycles.